The van der Waals surface area contributed by atoms with E-state index in [2.05, 4.69) is 70.6 Å². The van der Waals surface area contributed by atoms with E-state index < -0.39 is 0 Å². The number of imidazole rings is 1. The molecule has 0 radical (unpaired) electrons. The Kier molecular flexibility index (Phi) is 6.58. The SMILES string of the molecule is CCCCc1cn(-c2c(C)cccc2C)c(=O)n1Cc1ccc(-c2ncccc2-c2nnn[nH]2)cc1. The molecular weight excluding hydrogens is 450 g/mol. The number of nitrogens with one attached hydrogen (secondary N) is 1. The number of benzene rings is 2. The molecule has 0 saturated heterocycles. The lowest BCUT2D eigenvalue weighted by atomic mass is 10.0. The summed E-state index contributed by atoms with van der Waals surface area (Å²) in [5.41, 5.74) is 7.84. The van der Waals surface area contributed by atoms with Gasteiger partial charge in [0.05, 0.1) is 17.9 Å². The van der Waals surface area contributed by atoms with E-state index in [1.807, 2.05) is 45.7 Å². The number of hydrogen-bond acceptors (Lipinski definition) is 5. The predicted molar refractivity (Wildman–Crippen MR) is 140 cm³/mol. The van der Waals surface area contributed by atoms with E-state index in [0.717, 1.165) is 64.2 Å². The fraction of sp³-hybridized carbons (Fsp3) is 0.250. The van der Waals surface area contributed by atoms with Crippen LogP contribution in [0.4, 0.5) is 0 Å². The molecule has 3 heterocycles. The molecule has 2 aromatic carbocycles. The normalized spacial score (nSPS) is 11.2. The number of pyridine rings is 1. The highest BCUT2D eigenvalue weighted by atomic mass is 16.1. The second-order valence-corrected chi connectivity index (χ2v) is 9.05. The third kappa shape index (κ3) is 4.49. The summed E-state index contributed by atoms with van der Waals surface area (Å²) in [6.45, 7) is 6.79. The Morgan fingerprint density at radius 1 is 0.972 bits per heavy atom. The van der Waals surface area contributed by atoms with E-state index in [1.165, 1.54) is 0 Å². The number of aromatic nitrogens is 7. The van der Waals surface area contributed by atoms with E-state index in [0.29, 0.717) is 12.4 Å². The Labute approximate surface area is 209 Å². The van der Waals surface area contributed by atoms with Gasteiger partial charge in [-0.05, 0) is 65.9 Å². The highest BCUT2D eigenvalue weighted by Crippen LogP contribution is 2.28. The Bertz CT molecular complexity index is 1510. The van der Waals surface area contributed by atoms with E-state index in [-0.39, 0.29) is 5.69 Å². The van der Waals surface area contributed by atoms with E-state index >= 15 is 0 Å². The van der Waals surface area contributed by atoms with Crippen molar-refractivity contribution in [2.75, 3.05) is 0 Å². The molecule has 0 fully saturated rings. The number of aromatic amines is 1. The van der Waals surface area contributed by atoms with Crippen molar-refractivity contribution in [1.82, 2.24) is 34.7 Å². The van der Waals surface area contributed by atoms with Crippen LogP contribution in [0.25, 0.3) is 28.3 Å². The lowest BCUT2D eigenvalue weighted by Crippen LogP contribution is -2.25. The first-order valence-corrected chi connectivity index (χ1v) is 12.2. The predicted octanol–water partition coefficient (Wildman–Crippen LogP) is 4.89. The number of hydrogen-bond donors (Lipinski definition) is 1. The topological polar surface area (TPSA) is 94.3 Å². The summed E-state index contributed by atoms with van der Waals surface area (Å²) < 4.78 is 3.72. The third-order valence-electron chi connectivity index (χ3n) is 6.50. The molecule has 0 aliphatic carbocycles. The average molecular weight is 480 g/mol. The first kappa shape index (κ1) is 23.4. The molecule has 0 unspecified atom stereocenters. The zero-order chi connectivity index (χ0) is 25.1. The molecule has 5 aromatic rings. The van der Waals surface area contributed by atoms with E-state index in [1.54, 1.807) is 6.20 Å². The van der Waals surface area contributed by atoms with Crippen LogP contribution in [0.3, 0.4) is 0 Å². The molecule has 5 rings (SSSR count). The lowest BCUT2D eigenvalue weighted by Gasteiger charge is -2.10. The van der Waals surface area contributed by atoms with Crippen molar-refractivity contribution in [2.45, 2.75) is 46.6 Å². The molecule has 0 aliphatic heterocycles. The summed E-state index contributed by atoms with van der Waals surface area (Å²) in [7, 11) is 0. The summed E-state index contributed by atoms with van der Waals surface area (Å²) >= 11 is 0. The number of tetrazole rings is 1. The van der Waals surface area contributed by atoms with Gasteiger partial charge in [-0.3, -0.25) is 14.1 Å². The van der Waals surface area contributed by atoms with Crippen molar-refractivity contribution in [3.05, 3.63) is 99.9 Å². The van der Waals surface area contributed by atoms with Crippen molar-refractivity contribution in [1.29, 1.82) is 0 Å². The van der Waals surface area contributed by atoms with Crippen molar-refractivity contribution in [3.8, 4) is 28.3 Å². The van der Waals surface area contributed by atoms with Crippen molar-refractivity contribution in [2.24, 2.45) is 0 Å². The average Bonchev–Trinajstić information content (AvgIpc) is 3.53. The number of aryl methyl sites for hydroxylation is 3. The molecule has 0 aliphatic rings. The van der Waals surface area contributed by atoms with Crippen LogP contribution in [0.5, 0.6) is 0 Å². The van der Waals surface area contributed by atoms with Gasteiger partial charge in [0.2, 0.25) is 0 Å². The summed E-state index contributed by atoms with van der Waals surface area (Å²) in [4.78, 5) is 18.2. The molecular formula is C28H29N7O. The van der Waals surface area contributed by atoms with Crippen molar-refractivity contribution in [3.63, 3.8) is 0 Å². The maximum atomic E-state index is 13.6. The summed E-state index contributed by atoms with van der Waals surface area (Å²) in [6, 6.07) is 18.1. The van der Waals surface area contributed by atoms with Crippen LogP contribution in [0.15, 0.2) is 71.8 Å². The molecule has 0 spiro atoms. The molecule has 36 heavy (non-hydrogen) atoms. The Balaban J connectivity index is 1.49. The van der Waals surface area contributed by atoms with Gasteiger partial charge in [0.15, 0.2) is 5.82 Å². The van der Waals surface area contributed by atoms with Crippen LogP contribution in [-0.4, -0.2) is 34.7 Å². The van der Waals surface area contributed by atoms with E-state index in [4.69, 9.17) is 0 Å². The number of para-hydroxylation sites is 1. The largest absolute Gasteiger partial charge is 0.333 e. The fourth-order valence-electron chi connectivity index (χ4n) is 4.65. The van der Waals surface area contributed by atoms with Gasteiger partial charge in [-0.1, -0.05) is 55.8 Å². The zero-order valence-electron chi connectivity index (χ0n) is 20.8. The van der Waals surface area contributed by atoms with Gasteiger partial charge in [0.25, 0.3) is 0 Å². The quantitative estimate of drug-likeness (QED) is 0.342. The van der Waals surface area contributed by atoms with Crippen LogP contribution in [-0.2, 0) is 13.0 Å². The van der Waals surface area contributed by atoms with Gasteiger partial charge in [-0.25, -0.2) is 9.89 Å². The standard InChI is InChI=1S/C28H29N7O/c1-4-5-10-23-18-35(26-19(2)8-6-9-20(26)3)28(36)34(23)17-21-12-14-22(15-13-21)25-24(11-7-16-29-25)27-30-32-33-31-27/h6-9,11-16,18H,4-5,10,17H2,1-3H3,(H,30,31,32,33). The second kappa shape index (κ2) is 10.1. The van der Waals surface area contributed by atoms with Crippen molar-refractivity contribution >= 4 is 0 Å². The molecule has 182 valence electrons. The molecule has 0 amide bonds. The first-order valence-electron chi connectivity index (χ1n) is 12.2. The highest BCUT2D eigenvalue weighted by Gasteiger charge is 2.16. The smallest absolute Gasteiger partial charge is 0.292 e. The van der Waals surface area contributed by atoms with Gasteiger partial charge in [0, 0.05) is 29.2 Å². The minimum Gasteiger partial charge on any atom is -0.292 e. The lowest BCUT2D eigenvalue weighted by molar-refractivity contribution is 0.673. The van der Waals surface area contributed by atoms with Gasteiger partial charge in [0.1, 0.15) is 0 Å². The summed E-state index contributed by atoms with van der Waals surface area (Å²) in [6.07, 6.45) is 6.75. The zero-order valence-corrected chi connectivity index (χ0v) is 20.8. The third-order valence-corrected chi connectivity index (χ3v) is 6.50. The molecule has 0 atom stereocenters. The summed E-state index contributed by atoms with van der Waals surface area (Å²) in [5, 5.41) is 14.2. The Morgan fingerprint density at radius 2 is 1.75 bits per heavy atom. The second-order valence-electron chi connectivity index (χ2n) is 9.05. The van der Waals surface area contributed by atoms with Crippen molar-refractivity contribution < 1.29 is 0 Å². The minimum absolute atomic E-state index is 0.00703. The Morgan fingerprint density at radius 3 is 2.44 bits per heavy atom. The fourth-order valence-corrected chi connectivity index (χ4v) is 4.65. The monoisotopic (exact) mass is 479 g/mol. The molecule has 8 heteroatoms. The maximum absolute atomic E-state index is 13.6. The molecule has 0 bridgehead atoms. The van der Waals surface area contributed by atoms with Gasteiger partial charge < -0.3 is 0 Å². The minimum atomic E-state index is -0.00703. The maximum Gasteiger partial charge on any atom is 0.333 e. The molecule has 3 aromatic heterocycles. The number of unbranched alkanes of at least 4 members (excludes halogenated alkanes) is 1. The van der Waals surface area contributed by atoms with Crippen LogP contribution < -0.4 is 5.69 Å². The number of nitrogens with zero attached hydrogens (tertiary/aromatic N) is 6. The molecule has 0 saturated carbocycles. The number of rotatable bonds is 8. The van der Waals surface area contributed by atoms with Crippen LogP contribution >= 0.6 is 0 Å². The van der Waals surface area contributed by atoms with Crippen LogP contribution in [0.1, 0.15) is 42.1 Å². The van der Waals surface area contributed by atoms with E-state index in [9.17, 15) is 4.79 Å². The van der Waals surface area contributed by atoms with Crippen LogP contribution in [0.2, 0.25) is 0 Å². The first-order chi connectivity index (χ1) is 17.6. The Hall–Kier alpha value is -4.33. The molecule has 8 nitrogen and oxygen atoms in total. The van der Waals surface area contributed by atoms with Gasteiger partial charge >= 0.3 is 5.69 Å². The number of H-pyrrole nitrogens is 1. The van der Waals surface area contributed by atoms with Crippen LogP contribution in [0, 0.1) is 13.8 Å². The van der Waals surface area contributed by atoms with Gasteiger partial charge in [-0.15, -0.1) is 5.10 Å². The summed E-state index contributed by atoms with van der Waals surface area (Å²) in [5.74, 6) is 0.571. The highest BCUT2D eigenvalue weighted by molar-refractivity contribution is 5.76. The van der Waals surface area contributed by atoms with Gasteiger partial charge in [-0.2, -0.15) is 0 Å². The molecule has 1 N–H and O–H groups in total.